The van der Waals surface area contributed by atoms with E-state index in [4.69, 9.17) is 19.9 Å². The highest BCUT2D eigenvalue weighted by Gasteiger charge is 2.13. The van der Waals surface area contributed by atoms with E-state index in [0.29, 0.717) is 29.7 Å². The molecule has 106 valence electrons. The minimum atomic E-state index is 0.433. The number of nitrogens with zero attached hydrogens (tertiary/aromatic N) is 1. The molecule has 20 heavy (non-hydrogen) atoms. The summed E-state index contributed by atoms with van der Waals surface area (Å²) in [5.74, 6) is 2.13. The number of pyridine rings is 1. The highest BCUT2D eigenvalue weighted by atomic mass is 16.5. The number of benzene rings is 1. The summed E-state index contributed by atoms with van der Waals surface area (Å²) >= 11 is 0. The lowest BCUT2D eigenvalue weighted by atomic mass is 10.2. The van der Waals surface area contributed by atoms with Gasteiger partial charge in [-0.15, -0.1) is 0 Å². The zero-order valence-electron chi connectivity index (χ0n) is 11.8. The fourth-order valence-electron chi connectivity index (χ4n) is 1.90. The normalized spacial score (nSPS) is 10.2. The van der Waals surface area contributed by atoms with Crippen molar-refractivity contribution in [3.05, 3.63) is 41.6 Å². The van der Waals surface area contributed by atoms with Crippen LogP contribution in [0.15, 0.2) is 30.3 Å². The molecule has 5 nitrogen and oxygen atoms in total. The Bertz CT molecular complexity index is 577. The van der Waals surface area contributed by atoms with Gasteiger partial charge in [0.1, 0.15) is 0 Å². The number of aryl methyl sites for hydroxylation is 1. The molecule has 0 aliphatic rings. The van der Waals surface area contributed by atoms with Crippen molar-refractivity contribution in [2.75, 3.05) is 14.2 Å². The van der Waals surface area contributed by atoms with Crippen LogP contribution in [0.25, 0.3) is 0 Å². The number of rotatable bonds is 5. The zero-order chi connectivity index (χ0) is 14.5. The lowest BCUT2D eigenvalue weighted by Crippen LogP contribution is -2.00. The van der Waals surface area contributed by atoms with Crippen LogP contribution in [0.5, 0.6) is 23.1 Å². The van der Waals surface area contributed by atoms with Crippen molar-refractivity contribution in [3.8, 4) is 23.1 Å². The van der Waals surface area contributed by atoms with E-state index in [2.05, 4.69) is 4.98 Å². The second kappa shape index (κ2) is 6.25. The molecule has 0 bridgehead atoms. The summed E-state index contributed by atoms with van der Waals surface area (Å²) in [4.78, 5) is 4.34. The van der Waals surface area contributed by atoms with E-state index >= 15 is 0 Å². The predicted octanol–water partition coefficient (Wildman–Crippen LogP) is 2.66. The second-order valence-corrected chi connectivity index (χ2v) is 4.25. The first-order valence-electron chi connectivity index (χ1n) is 6.24. The number of aromatic nitrogens is 1. The second-order valence-electron chi connectivity index (χ2n) is 4.25. The van der Waals surface area contributed by atoms with Gasteiger partial charge in [-0.3, -0.25) is 0 Å². The molecular weight excluding hydrogens is 256 g/mol. The maximum Gasteiger partial charge on any atom is 0.220 e. The summed E-state index contributed by atoms with van der Waals surface area (Å²) in [6.07, 6.45) is 0. The van der Waals surface area contributed by atoms with Crippen molar-refractivity contribution >= 4 is 0 Å². The Morgan fingerprint density at radius 2 is 1.75 bits per heavy atom. The Balaban J connectivity index is 2.41. The van der Waals surface area contributed by atoms with Crippen LogP contribution in [0.3, 0.4) is 0 Å². The van der Waals surface area contributed by atoms with Gasteiger partial charge in [-0.05, 0) is 30.7 Å². The third-order valence-corrected chi connectivity index (χ3v) is 2.81. The molecule has 2 aromatic rings. The molecule has 0 saturated heterocycles. The van der Waals surface area contributed by atoms with Gasteiger partial charge in [0.25, 0.3) is 0 Å². The number of nitrogens with two attached hydrogens (primary N) is 1. The van der Waals surface area contributed by atoms with Gasteiger partial charge >= 0.3 is 0 Å². The largest absolute Gasteiger partial charge is 0.493 e. The molecule has 2 rings (SSSR count). The Morgan fingerprint density at radius 1 is 1.10 bits per heavy atom. The van der Waals surface area contributed by atoms with E-state index < -0.39 is 0 Å². The van der Waals surface area contributed by atoms with Gasteiger partial charge in [0, 0.05) is 18.3 Å². The van der Waals surface area contributed by atoms with Crippen molar-refractivity contribution in [1.82, 2.24) is 4.98 Å². The minimum Gasteiger partial charge on any atom is -0.493 e. The Morgan fingerprint density at radius 3 is 2.30 bits per heavy atom. The fraction of sp³-hybridized carbons (Fsp3) is 0.267. The third kappa shape index (κ3) is 3.00. The molecule has 1 aromatic heterocycles. The molecule has 0 spiro atoms. The molecule has 0 amide bonds. The molecule has 0 atom stereocenters. The Hall–Kier alpha value is -2.27. The maximum absolute atomic E-state index is 5.83. The van der Waals surface area contributed by atoms with Crippen molar-refractivity contribution in [2.24, 2.45) is 5.73 Å². The fourth-order valence-corrected chi connectivity index (χ4v) is 1.90. The Kier molecular flexibility index (Phi) is 4.42. The van der Waals surface area contributed by atoms with Crippen LogP contribution in [-0.4, -0.2) is 19.2 Å². The van der Waals surface area contributed by atoms with Crippen LogP contribution < -0.4 is 19.9 Å². The van der Waals surface area contributed by atoms with E-state index in [-0.39, 0.29) is 0 Å². The number of hydrogen-bond donors (Lipinski definition) is 1. The highest BCUT2D eigenvalue weighted by molar-refractivity contribution is 5.52. The average molecular weight is 274 g/mol. The van der Waals surface area contributed by atoms with Gasteiger partial charge in [-0.2, -0.15) is 0 Å². The van der Waals surface area contributed by atoms with Crippen molar-refractivity contribution in [1.29, 1.82) is 0 Å². The van der Waals surface area contributed by atoms with Crippen molar-refractivity contribution < 1.29 is 14.2 Å². The van der Waals surface area contributed by atoms with Gasteiger partial charge in [-0.1, -0.05) is 6.07 Å². The molecule has 2 N–H and O–H groups in total. The van der Waals surface area contributed by atoms with Gasteiger partial charge in [0.2, 0.25) is 11.6 Å². The van der Waals surface area contributed by atoms with Gasteiger partial charge in [0.15, 0.2) is 11.5 Å². The molecule has 0 unspecified atom stereocenters. The monoisotopic (exact) mass is 274 g/mol. The molecular formula is C15H18N2O3. The number of ether oxygens (including phenoxy) is 3. The molecule has 1 aromatic carbocycles. The van der Waals surface area contributed by atoms with Crippen LogP contribution in [0.4, 0.5) is 0 Å². The van der Waals surface area contributed by atoms with E-state index in [1.165, 1.54) is 0 Å². The first-order valence-corrected chi connectivity index (χ1v) is 6.24. The minimum absolute atomic E-state index is 0.433. The van der Waals surface area contributed by atoms with Gasteiger partial charge < -0.3 is 19.9 Å². The van der Waals surface area contributed by atoms with Gasteiger partial charge in [0.05, 0.1) is 14.2 Å². The predicted molar refractivity (Wildman–Crippen MR) is 76.5 cm³/mol. The smallest absolute Gasteiger partial charge is 0.220 e. The summed E-state index contributed by atoms with van der Waals surface area (Å²) in [6.45, 7) is 2.33. The molecule has 0 radical (unpaired) electrons. The lowest BCUT2D eigenvalue weighted by Gasteiger charge is -2.14. The summed E-state index contributed by atoms with van der Waals surface area (Å²) in [7, 11) is 3.16. The molecule has 0 fully saturated rings. The quantitative estimate of drug-likeness (QED) is 0.908. The topological polar surface area (TPSA) is 66.6 Å². The average Bonchev–Trinajstić information content (AvgIpc) is 2.46. The standard InChI is InChI=1S/C15H18N2O3/c1-10-7-11(9-16)8-14(17-10)20-15-12(18-2)5-4-6-13(15)19-3/h4-8H,9,16H2,1-3H3. The summed E-state index contributed by atoms with van der Waals surface area (Å²) in [5, 5.41) is 0. The molecule has 0 saturated carbocycles. The first kappa shape index (κ1) is 14.1. The third-order valence-electron chi connectivity index (χ3n) is 2.81. The lowest BCUT2D eigenvalue weighted by molar-refractivity contribution is 0.341. The van der Waals surface area contributed by atoms with Crippen molar-refractivity contribution in [2.45, 2.75) is 13.5 Å². The van der Waals surface area contributed by atoms with Crippen LogP contribution in [0, 0.1) is 6.92 Å². The van der Waals surface area contributed by atoms with E-state index in [1.807, 2.05) is 19.1 Å². The van der Waals surface area contributed by atoms with Crippen LogP contribution in [-0.2, 0) is 6.54 Å². The van der Waals surface area contributed by atoms with E-state index in [9.17, 15) is 0 Å². The van der Waals surface area contributed by atoms with Crippen molar-refractivity contribution in [3.63, 3.8) is 0 Å². The van der Waals surface area contributed by atoms with Crippen LogP contribution in [0.2, 0.25) is 0 Å². The zero-order valence-corrected chi connectivity index (χ0v) is 11.8. The number of para-hydroxylation sites is 1. The summed E-state index contributed by atoms with van der Waals surface area (Å²) in [5.41, 5.74) is 7.46. The molecule has 0 aliphatic carbocycles. The Labute approximate surface area is 118 Å². The molecule has 5 heteroatoms. The molecule has 0 aliphatic heterocycles. The SMILES string of the molecule is COc1cccc(OC)c1Oc1cc(CN)cc(C)n1. The van der Waals surface area contributed by atoms with Crippen LogP contribution in [0.1, 0.15) is 11.3 Å². The van der Waals surface area contributed by atoms with Crippen LogP contribution >= 0.6 is 0 Å². The van der Waals surface area contributed by atoms with Gasteiger partial charge in [-0.25, -0.2) is 4.98 Å². The first-order chi connectivity index (χ1) is 9.67. The maximum atomic E-state index is 5.83. The number of methoxy groups -OCH3 is 2. The van der Waals surface area contributed by atoms with E-state index in [0.717, 1.165) is 11.3 Å². The summed E-state index contributed by atoms with van der Waals surface area (Å²) < 4.78 is 16.4. The number of hydrogen-bond acceptors (Lipinski definition) is 5. The summed E-state index contributed by atoms with van der Waals surface area (Å²) in [6, 6.07) is 9.17. The molecule has 1 heterocycles. The highest BCUT2D eigenvalue weighted by Crippen LogP contribution is 2.39. The van der Waals surface area contributed by atoms with E-state index in [1.54, 1.807) is 32.4 Å².